The molecule has 1 N–H and O–H groups in total. The Bertz CT molecular complexity index is 1370. The summed E-state index contributed by atoms with van der Waals surface area (Å²) in [6.07, 6.45) is 1.39. The highest BCUT2D eigenvalue weighted by molar-refractivity contribution is 6.15. The lowest BCUT2D eigenvalue weighted by atomic mass is 9.53. The lowest BCUT2D eigenvalue weighted by molar-refractivity contribution is -0.135. The molecule has 2 fully saturated rings. The number of ketones is 1. The first-order valence-electron chi connectivity index (χ1n) is 12.5. The molecule has 4 aliphatic rings. The first-order valence-corrected chi connectivity index (χ1v) is 12.5. The van der Waals surface area contributed by atoms with E-state index < -0.39 is 11.0 Å². The Morgan fingerprint density at radius 1 is 0.971 bits per heavy atom. The van der Waals surface area contributed by atoms with Crippen LogP contribution in [-0.2, 0) is 21.5 Å². The molecular formula is C30H28N2O3. The third kappa shape index (κ3) is 2.50. The predicted octanol–water partition coefficient (Wildman–Crippen LogP) is 4.46. The van der Waals surface area contributed by atoms with Gasteiger partial charge in [0.15, 0.2) is 5.78 Å². The highest BCUT2D eigenvalue weighted by Gasteiger charge is 2.77. The average molecular weight is 465 g/mol. The number of aryl methyl sites for hydroxylation is 2. The number of carbonyl (C=O) groups is 2. The zero-order valence-corrected chi connectivity index (χ0v) is 19.8. The van der Waals surface area contributed by atoms with Crippen molar-refractivity contribution in [1.82, 2.24) is 4.90 Å². The summed E-state index contributed by atoms with van der Waals surface area (Å²) in [5.74, 6) is -0.153. The van der Waals surface area contributed by atoms with Gasteiger partial charge in [-0.1, -0.05) is 72.3 Å². The van der Waals surface area contributed by atoms with Crippen molar-refractivity contribution in [3.63, 3.8) is 0 Å². The number of anilines is 1. The van der Waals surface area contributed by atoms with E-state index in [1.165, 1.54) is 5.56 Å². The standard InChI is InChI=1S/C30H28N2O3/c1-19-10-12-21(13-11-19)26-25-18-35-17-16-32(25)30(23-8-4-5-9-24(23)31-28(30)34)29(26)15-14-20-6-2-3-7-22(20)27(29)33/h2-13,25-26H,14-18H2,1H3,(H,31,34). The summed E-state index contributed by atoms with van der Waals surface area (Å²) in [5.41, 5.74) is 3.86. The lowest BCUT2D eigenvalue weighted by Crippen LogP contribution is -2.62. The Labute approximate surface area is 205 Å². The molecular weight excluding hydrogens is 436 g/mol. The molecule has 0 aromatic heterocycles. The zero-order chi connectivity index (χ0) is 23.8. The first kappa shape index (κ1) is 21.0. The molecule has 4 unspecified atom stereocenters. The fourth-order valence-corrected chi connectivity index (χ4v) is 7.66. The number of hydrogen-bond donors (Lipinski definition) is 1. The summed E-state index contributed by atoms with van der Waals surface area (Å²) in [5, 5.41) is 3.19. The van der Waals surface area contributed by atoms with Gasteiger partial charge in [0.2, 0.25) is 0 Å². The van der Waals surface area contributed by atoms with E-state index in [0.717, 1.165) is 34.4 Å². The van der Waals surface area contributed by atoms with Crippen LogP contribution in [0.5, 0.6) is 0 Å². The number of benzene rings is 3. The van der Waals surface area contributed by atoms with E-state index in [0.29, 0.717) is 26.2 Å². The number of para-hydroxylation sites is 1. The fourth-order valence-electron chi connectivity index (χ4n) is 7.66. The Morgan fingerprint density at radius 2 is 1.74 bits per heavy atom. The summed E-state index contributed by atoms with van der Waals surface area (Å²) in [6.45, 7) is 3.75. The Balaban J connectivity index is 1.58. The summed E-state index contributed by atoms with van der Waals surface area (Å²) < 4.78 is 6.04. The van der Waals surface area contributed by atoms with Crippen LogP contribution in [-0.4, -0.2) is 42.4 Å². The first-order chi connectivity index (χ1) is 17.1. The molecule has 3 aromatic rings. The van der Waals surface area contributed by atoms with Gasteiger partial charge in [-0.05, 0) is 37.0 Å². The molecule has 2 saturated heterocycles. The maximum atomic E-state index is 14.9. The summed E-state index contributed by atoms with van der Waals surface area (Å²) >= 11 is 0. The Hall–Kier alpha value is -3.28. The minimum atomic E-state index is -1.07. The molecule has 35 heavy (non-hydrogen) atoms. The van der Waals surface area contributed by atoms with Gasteiger partial charge in [0.1, 0.15) is 5.54 Å². The van der Waals surface area contributed by atoms with Gasteiger partial charge in [-0.25, -0.2) is 0 Å². The van der Waals surface area contributed by atoms with Gasteiger partial charge >= 0.3 is 0 Å². The van der Waals surface area contributed by atoms with Gasteiger partial charge in [0, 0.05) is 35.3 Å². The molecule has 5 nitrogen and oxygen atoms in total. The van der Waals surface area contributed by atoms with E-state index in [-0.39, 0.29) is 23.7 Å². The van der Waals surface area contributed by atoms with Crippen LogP contribution < -0.4 is 5.32 Å². The van der Waals surface area contributed by atoms with E-state index in [9.17, 15) is 9.59 Å². The largest absolute Gasteiger partial charge is 0.378 e. The van der Waals surface area contributed by atoms with Gasteiger partial charge in [-0.3, -0.25) is 14.5 Å². The van der Waals surface area contributed by atoms with Crippen molar-refractivity contribution >= 4 is 17.4 Å². The summed E-state index contributed by atoms with van der Waals surface area (Å²) in [4.78, 5) is 31.6. The second-order valence-electron chi connectivity index (χ2n) is 10.4. The van der Waals surface area contributed by atoms with E-state index in [4.69, 9.17) is 4.74 Å². The minimum Gasteiger partial charge on any atom is -0.378 e. The van der Waals surface area contributed by atoms with Gasteiger partial charge < -0.3 is 10.1 Å². The number of hydrogen-bond acceptors (Lipinski definition) is 4. The van der Waals surface area contributed by atoms with E-state index >= 15 is 0 Å². The molecule has 3 aliphatic heterocycles. The number of fused-ring (bicyclic) bond motifs is 6. The van der Waals surface area contributed by atoms with E-state index in [2.05, 4.69) is 47.5 Å². The third-order valence-electron chi connectivity index (χ3n) is 8.94. The topological polar surface area (TPSA) is 58.6 Å². The van der Waals surface area contributed by atoms with Crippen LogP contribution in [0.1, 0.15) is 45.0 Å². The molecule has 2 spiro atoms. The zero-order valence-electron chi connectivity index (χ0n) is 19.8. The van der Waals surface area contributed by atoms with Crippen LogP contribution >= 0.6 is 0 Å². The molecule has 0 bridgehead atoms. The van der Waals surface area contributed by atoms with E-state index in [1.807, 2.05) is 42.5 Å². The summed E-state index contributed by atoms with van der Waals surface area (Å²) in [7, 11) is 0. The number of Topliss-reactive ketones (excluding diaryl/α,β-unsaturated/α-hetero) is 1. The van der Waals surface area contributed by atoms with Gasteiger partial charge in [0.05, 0.1) is 18.6 Å². The van der Waals surface area contributed by atoms with Crippen molar-refractivity contribution in [2.24, 2.45) is 5.41 Å². The Kier molecular flexibility index (Phi) is 4.42. The van der Waals surface area contributed by atoms with Gasteiger partial charge in [0.25, 0.3) is 5.91 Å². The van der Waals surface area contributed by atoms with Gasteiger partial charge in [-0.2, -0.15) is 0 Å². The number of amides is 1. The quantitative estimate of drug-likeness (QED) is 0.578. The number of ether oxygens (including phenoxy) is 1. The number of nitrogens with zero attached hydrogens (tertiary/aromatic N) is 1. The normalized spacial score (nSPS) is 31.3. The monoisotopic (exact) mass is 464 g/mol. The van der Waals surface area contributed by atoms with Crippen molar-refractivity contribution in [3.8, 4) is 0 Å². The van der Waals surface area contributed by atoms with Gasteiger partial charge in [-0.15, -0.1) is 0 Å². The number of morpholine rings is 1. The minimum absolute atomic E-state index is 0.0717. The second kappa shape index (κ2) is 7.36. The maximum absolute atomic E-state index is 14.9. The molecule has 0 saturated carbocycles. The molecule has 7 rings (SSSR count). The fraction of sp³-hybridized carbons (Fsp3) is 0.333. The van der Waals surface area contributed by atoms with Crippen LogP contribution in [0.4, 0.5) is 5.69 Å². The van der Waals surface area contributed by atoms with Crippen molar-refractivity contribution in [2.75, 3.05) is 25.1 Å². The lowest BCUT2D eigenvalue weighted by Gasteiger charge is -2.49. The van der Waals surface area contributed by atoms with Crippen LogP contribution in [0.2, 0.25) is 0 Å². The molecule has 176 valence electrons. The number of carbonyl (C=O) groups excluding carboxylic acids is 2. The van der Waals surface area contributed by atoms with E-state index in [1.54, 1.807) is 0 Å². The van der Waals surface area contributed by atoms with Crippen LogP contribution in [0, 0.1) is 12.3 Å². The number of rotatable bonds is 1. The molecule has 1 aliphatic carbocycles. The predicted molar refractivity (Wildman–Crippen MR) is 134 cm³/mol. The SMILES string of the molecule is Cc1ccc(C2C3COCCN3C3(C(=O)Nc4ccccc43)C23CCc2ccccc2C3=O)cc1. The summed E-state index contributed by atoms with van der Waals surface area (Å²) in [6, 6.07) is 24.4. The van der Waals surface area contributed by atoms with Crippen LogP contribution in [0.25, 0.3) is 0 Å². The molecule has 3 aromatic carbocycles. The molecule has 0 radical (unpaired) electrons. The highest BCUT2D eigenvalue weighted by atomic mass is 16.5. The molecule has 1 amide bonds. The van der Waals surface area contributed by atoms with Crippen LogP contribution in [0.15, 0.2) is 72.8 Å². The van der Waals surface area contributed by atoms with Crippen molar-refractivity contribution in [2.45, 2.75) is 37.3 Å². The molecule has 5 heteroatoms. The van der Waals surface area contributed by atoms with Crippen molar-refractivity contribution in [3.05, 3.63) is 101 Å². The number of nitrogens with one attached hydrogen (secondary N) is 1. The third-order valence-corrected chi connectivity index (χ3v) is 8.94. The van der Waals surface area contributed by atoms with Crippen LogP contribution in [0.3, 0.4) is 0 Å². The average Bonchev–Trinajstić information content (AvgIpc) is 3.33. The van der Waals surface area contributed by atoms with Crippen molar-refractivity contribution < 1.29 is 14.3 Å². The Morgan fingerprint density at radius 3 is 2.60 bits per heavy atom. The second-order valence-corrected chi connectivity index (χ2v) is 10.4. The van der Waals surface area contributed by atoms with Crippen molar-refractivity contribution in [1.29, 1.82) is 0 Å². The smallest absolute Gasteiger partial charge is 0.250 e. The molecule has 3 heterocycles. The highest BCUT2D eigenvalue weighted by Crippen LogP contribution is 2.68. The molecule has 4 atom stereocenters. The maximum Gasteiger partial charge on any atom is 0.250 e.